The lowest BCUT2D eigenvalue weighted by molar-refractivity contribution is 0.153. The Bertz CT molecular complexity index is 78.8. The number of alkyl halides is 1. The van der Waals surface area contributed by atoms with Crippen LogP contribution in [0.3, 0.4) is 0 Å². The molecule has 0 aromatic heterocycles. The fraction of sp³-hybridized carbons (Fsp3) is 1.00. The maximum atomic E-state index is 10.5. The molecule has 0 N–H and O–H groups in total. The summed E-state index contributed by atoms with van der Waals surface area (Å²) in [5.41, 5.74) is 0. The minimum absolute atomic E-state index is 0.367. The molecule has 1 aliphatic heterocycles. The van der Waals surface area contributed by atoms with Crippen LogP contribution >= 0.6 is 22.6 Å². The molecule has 1 fully saturated rings. The van der Waals surface area contributed by atoms with Gasteiger partial charge in [0, 0.05) is 4.43 Å². The Morgan fingerprint density at radius 3 is 2.62 bits per heavy atom. The van der Waals surface area contributed by atoms with Gasteiger partial charge in [-0.2, -0.15) is 0 Å². The molecule has 0 saturated carbocycles. The van der Waals surface area contributed by atoms with E-state index in [1.54, 1.807) is 0 Å². The third kappa shape index (κ3) is 1.33. The van der Waals surface area contributed by atoms with Gasteiger partial charge in [-0.05, 0) is 25.4 Å². The molecule has 0 aromatic rings. The summed E-state index contributed by atoms with van der Waals surface area (Å²) in [6, 6.07) is 0.367. The molecule has 0 radical (unpaired) electrons. The molecule has 1 heterocycles. The summed E-state index contributed by atoms with van der Waals surface area (Å²) in [7, 11) is 0. The number of rotatable bonds is 2. The minimum atomic E-state index is 0.367. The van der Waals surface area contributed by atoms with Gasteiger partial charge in [0.15, 0.2) is 0 Å². The third-order valence-corrected chi connectivity index (χ3v) is 2.16. The summed E-state index contributed by atoms with van der Waals surface area (Å²) < 4.78 is 1.11. The maximum Gasteiger partial charge on any atom is 0.000985 e. The largest absolute Gasteiger partial charge is 0.785 e. The first kappa shape index (κ1) is 6.77. The van der Waals surface area contributed by atoms with Gasteiger partial charge in [0.2, 0.25) is 0 Å². The van der Waals surface area contributed by atoms with Crippen LogP contribution in [0.2, 0.25) is 0 Å². The highest BCUT2D eigenvalue weighted by atomic mass is 127. The normalized spacial score (nSPS) is 30.0. The molecule has 1 unspecified atom stereocenters. The van der Waals surface area contributed by atoms with Crippen molar-refractivity contribution in [2.45, 2.75) is 18.9 Å². The molecule has 0 amide bonds. The van der Waals surface area contributed by atoms with Gasteiger partial charge in [0.1, 0.15) is 0 Å². The van der Waals surface area contributed by atoms with Crippen LogP contribution in [-0.2, 0) is 0 Å². The van der Waals surface area contributed by atoms with Crippen LogP contribution in [0.1, 0.15) is 12.8 Å². The summed E-state index contributed by atoms with van der Waals surface area (Å²) in [4.78, 5) is 0. The van der Waals surface area contributed by atoms with Crippen LogP contribution in [0.5, 0.6) is 0 Å². The molecule has 48 valence electrons. The zero-order chi connectivity index (χ0) is 5.98. The molecule has 1 atom stereocenters. The summed E-state index contributed by atoms with van der Waals surface area (Å²) in [6.07, 6.45) is 2.19. The van der Waals surface area contributed by atoms with Crippen LogP contribution < -0.4 is 0 Å². The molecule has 8 heavy (non-hydrogen) atoms. The minimum Gasteiger partial charge on any atom is -0.785 e. The quantitative estimate of drug-likeness (QED) is 0.525. The first-order valence-corrected chi connectivity index (χ1v) is 4.37. The predicted octanol–water partition coefficient (Wildman–Crippen LogP) is 1.38. The van der Waals surface area contributed by atoms with Gasteiger partial charge >= 0.3 is 0 Å². The van der Waals surface area contributed by atoms with E-state index in [0.29, 0.717) is 6.04 Å². The summed E-state index contributed by atoms with van der Waals surface area (Å²) in [6.45, 7) is 0.765. The zero-order valence-corrected chi connectivity index (χ0v) is 6.80. The van der Waals surface area contributed by atoms with Crippen molar-refractivity contribution in [1.29, 1.82) is 0 Å². The molecule has 0 spiro atoms. The van der Waals surface area contributed by atoms with Gasteiger partial charge in [-0.1, -0.05) is 22.6 Å². The highest BCUT2D eigenvalue weighted by Gasteiger charge is 2.17. The standard InChI is InChI=1S/C5H9INO/c6-3-1-5-2-4-7(5)8/h5H,1-4H2/q-1. The lowest BCUT2D eigenvalue weighted by atomic mass is 10.0. The second kappa shape index (κ2) is 2.98. The molecule has 0 aliphatic carbocycles. The predicted molar refractivity (Wildman–Crippen MR) is 42.0 cm³/mol. The topological polar surface area (TPSA) is 26.3 Å². The van der Waals surface area contributed by atoms with Gasteiger partial charge in [-0.25, -0.2) is 0 Å². The van der Waals surface area contributed by atoms with Gasteiger partial charge in [0.05, 0.1) is 0 Å². The highest BCUT2D eigenvalue weighted by molar-refractivity contribution is 14.1. The van der Waals surface area contributed by atoms with Crippen molar-refractivity contribution in [1.82, 2.24) is 5.06 Å². The van der Waals surface area contributed by atoms with E-state index in [1.807, 2.05) is 0 Å². The smallest absolute Gasteiger partial charge is 0.000985 e. The molecular weight excluding hydrogens is 217 g/mol. The molecule has 3 heteroatoms. The van der Waals surface area contributed by atoms with Crippen LogP contribution in [0.15, 0.2) is 0 Å². The monoisotopic (exact) mass is 226 g/mol. The van der Waals surface area contributed by atoms with Crippen LogP contribution in [-0.4, -0.2) is 22.1 Å². The van der Waals surface area contributed by atoms with Crippen molar-refractivity contribution in [2.24, 2.45) is 0 Å². The Morgan fingerprint density at radius 1 is 1.75 bits per heavy atom. The Balaban J connectivity index is 2.08. The highest BCUT2D eigenvalue weighted by Crippen LogP contribution is 2.18. The van der Waals surface area contributed by atoms with Crippen molar-refractivity contribution in [3.63, 3.8) is 0 Å². The van der Waals surface area contributed by atoms with Gasteiger partial charge in [0.25, 0.3) is 0 Å². The van der Waals surface area contributed by atoms with Gasteiger partial charge in [-0.15, -0.1) is 0 Å². The van der Waals surface area contributed by atoms with Crippen LogP contribution in [0, 0.1) is 5.21 Å². The van der Waals surface area contributed by atoms with Gasteiger partial charge in [-0.3, -0.25) is 0 Å². The summed E-state index contributed by atoms with van der Waals surface area (Å²) in [5.74, 6) is 0. The molecule has 1 saturated heterocycles. The van der Waals surface area contributed by atoms with Crippen LogP contribution in [0.25, 0.3) is 0 Å². The average Bonchev–Trinajstić information content (AvgIpc) is 1.79. The van der Waals surface area contributed by atoms with Crippen molar-refractivity contribution in [3.8, 4) is 0 Å². The molecule has 1 aliphatic rings. The third-order valence-electron chi connectivity index (χ3n) is 1.53. The fourth-order valence-corrected chi connectivity index (χ4v) is 1.55. The Hall–Kier alpha value is 0.650. The van der Waals surface area contributed by atoms with Crippen molar-refractivity contribution >= 4 is 22.6 Å². The van der Waals surface area contributed by atoms with E-state index in [9.17, 15) is 5.21 Å². The molecule has 0 bridgehead atoms. The second-order valence-electron chi connectivity index (χ2n) is 2.06. The SMILES string of the molecule is [O-]N1CCC1CCI. The Morgan fingerprint density at radius 2 is 2.50 bits per heavy atom. The van der Waals surface area contributed by atoms with Crippen LogP contribution in [0.4, 0.5) is 0 Å². The molecular formula is C5H9INO-. The molecule has 1 rings (SSSR count). The van der Waals surface area contributed by atoms with E-state index < -0.39 is 0 Å². The fourth-order valence-electron chi connectivity index (χ4n) is 0.831. The first-order chi connectivity index (χ1) is 3.84. The average molecular weight is 226 g/mol. The number of halogens is 1. The number of hydroxylamine groups is 2. The zero-order valence-electron chi connectivity index (χ0n) is 4.64. The number of hydrogen-bond acceptors (Lipinski definition) is 2. The summed E-state index contributed by atoms with van der Waals surface area (Å²) >= 11 is 2.30. The molecule has 2 nitrogen and oxygen atoms in total. The first-order valence-electron chi connectivity index (χ1n) is 2.84. The summed E-state index contributed by atoms with van der Waals surface area (Å²) in [5, 5.41) is 11.7. The van der Waals surface area contributed by atoms with E-state index in [-0.39, 0.29) is 0 Å². The number of hydrogen-bond donors (Lipinski definition) is 0. The lowest BCUT2D eigenvalue weighted by Crippen LogP contribution is -2.43. The Kier molecular flexibility index (Phi) is 2.52. The molecule has 0 aromatic carbocycles. The Labute approximate surface area is 63.0 Å². The number of nitrogens with zero attached hydrogens (tertiary/aromatic N) is 1. The van der Waals surface area contributed by atoms with E-state index in [0.717, 1.165) is 23.8 Å². The van der Waals surface area contributed by atoms with Crippen molar-refractivity contribution < 1.29 is 0 Å². The van der Waals surface area contributed by atoms with E-state index in [4.69, 9.17) is 0 Å². The van der Waals surface area contributed by atoms with Crippen molar-refractivity contribution in [2.75, 3.05) is 11.0 Å². The van der Waals surface area contributed by atoms with E-state index in [2.05, 4.69) is 22.6 Å². The van der Waals surface area contributed by atoms with E-state index >= 15 is 0 Å². The van der Waals surface area contributed by atoms with Gasteiger partial charge < -0.3 is 10.3 Å². The van der Waals surface area contributed by atoms with Crippen molar-refractivity contribution in [3.05, 3.63) is 5.21 Å². The maximum absolute atomic E-state index is 10.5. The lowest BCUT2D eigenvalue weighted by Gasteiger charge is -2.46. The van der Waals surface area contributed by atoms with E-state index in [1.165, 1.54) is 5.06 Å². The second-order valence-corrected chi connectivity index (χ2v) is 3.14.